The van der Waals surface area contributed by atoms with Gasteiger partial charge in [-0.05, 0) is 40.2 Å². The topological polar surface area (TPSA) is 58.6 Å². The van der Waals surface area contributed by atoms with Gasteiger partial charge >= 0.3 is 5.97 Å². The zero-order chi connectivity index (χ0) is 12.4. The maximum absolute atomic E-state index is 11.0. The summed E-state index contributed by atoms with van der Waals surface area (Å²) in [5.41, 5.74) is -0.648. The van der Waals surface area contributed by atoms with Gasteiger partial charge < -0.3 is 15.2 Å². The number of nitrogens with one attached hydrogen (secondary N) is 1. The summed E-state index contributed by atoms with van der Waals surface area (Å²) in [6.45, 7) is 7.32. The van der Waals surface area contributed by atoms with Crippen molar-refractivity contribution in [1.29, 1.82) is 0 Å². The lowest BCUT2D eigenvalue weighted by Crippen LogP contribution is -2.35. The number of rotatable bonds is 9. The van der Waals surface area contributed by atoms with Crippen LogP contribution in [0.25, 0.3) is 0 Å². The minimum Gasteiger partial charge on any atom is -0.466 e. The van der Waals surface area contributed by atoms with Gasteiger partial charge in [-0.15, -0.1) is 0 Å². The zero-order valence-corrected chi connectivity index (χ0v) is 10.7. The molecule has 0 radical (unpaired) electrons. The fraction of sp³-hybridized carbons (Fsp3) is 0.917. The Kier molecular flexibility index (Phi) is 8.21. The first-order valence-corrected chi connectivity index (χ1v) is 6.04. The van der Waals surface area contributed by atoms with E-state index in [4.69, 9.17) is 4.74 Å². The molecule has 0 heterocycles. The SMILES string of the molecule is CCOC(=O)CCCCCNCC(C)(C)O. The molecule has 16 heavy (non-hydrogen) atoms. The number of unbranched alkanes of at least 4 members (excludes halogenated alkanes) is 2. The van der Waals surface area contributed by atoms with Crippen molar-refractivity contribution in [3.63, 3.8) is 0 Å². The van der Waals surface area contributed by atoms with Crippen LogP contribution in [-0.2, 0) is 9.53 Å². The van der Waals surface area contributed by atoms with Crippen LogP contribution in [-0.4, -0.2) is 36.4 Å². The van der Waals surface area contributed by atoms with E-state index in [2.05, 4.69) is 5.32 Å². The van der Waals surface area contributed by atoms with Gasteiger partial charge in [0.25, 0.3) is 0 Å². The van der Waals surface area contributed by atoms with Gasteiger partial charge in [-0.2, -0.15) is 0 Å². The first kappa shape index (κ1) is 15.4. The lowest BCUT2D eigenvalue weighted by atomic mass is 10.1. The molecule has 4 heteroatoms. The molecule has 0 spiro atoms. The summed E-state index contributed by atoms with van der Waals surface area (Å²) in [5.74, 6) is -0.105. The molecule has 0 unspecified atom stereocenters. The van der Waals surface area contributed by atoms with E-state index in [1.807, 2.05) is 6.92 Å². The normalized spacial score (nSPS) is 11.5. The number of ether oxygens (including phenoxy) is 1. The highest BCUT2D eigenvalue weighted by Gasteiger charge is 2.10. The predicted octanol–water partition coefficient (Wildman–Crippen LogP) is 1.47. The molecule has 0 aromatic heterocycles. The molecule has 0 aromatic carbocycles. The number of hydrogen-bond donors (Lipinski definition) is 2. The first-order chi connectivity index (χ1) is 7.45. The van der Waals surface area contributed by atoms with Crippen LogP contribution in [0.3, 0.4) is 0 Å². The van der Waals surface area contributed by atoms with Gasteiger partial charge in [-0.1, -0.05) is 6.42 Å². The minimum absolute atomic E-state index is 0.105. The average Bonchev–Trinajstić information content (AvgIpc) is 2.15. The minimum atomic E-state index is -0.648. The summed E-state index contributed by atoms with van der Waals surface area (Å²) in [6, 6.07) is 0. The summed E-state index contributed by atoms with van der Waals surface area (Å²) >= 11 is 0. The molecule has 0 aliphatic heterocycles. The third-order valence-corrected chi connectivity index (χ3v) is 2.10. The van der Waals surface area contributed by atoms with E-state index in [0.717, 1.165) is 25.8 Å². The zero-order valence-electron chi connectivity index (χ0n) is 10.7. The quantitative estimate of drug-likeness (QED) is 0.466. The second-order valence-electron chi connectivity index (χ2n) is 4.60. The Morgan fingerprint density at radius 1 is 1.31 bits per heavy atom. The molecular weight excluding hydrogens is 206 g/mol. The van der Waals surface area contributed by atoms with Gasteiger partial charge in [0.1, 0.15) is 0 Å². The summed E-state index contributed by atoms with van der Waals surface area (Å²) in [6.07, 6.45) is 3.43. The van der Waals surface area contributed by atoms with Crippen LogP contribution in [0.1, 0.15) is 46.5 Å². The number of hydrogen-bond acceptors (Lipinski definition) is 4. The summed E-state index contributed by atoms with van der Waals surface area (Å²) in [4.78, 5) is 11.0. The highest BCUT2D eigenvalue weighted by Crippen LogP contribution is 2.01. The largest absolute Gasteiger partial charge is 0.466 e. The van der Waals surface area contributed by atoms with Crippen LogP contribution in [0, 0.1) is 0 Å². The Morgan fingerprint density at radius 2 is 2.00 bits per heavy atom. The summed E-state index contributed by atoms with van der Waals surface area (Å²) in [7, 11) is 0. The van der Waals surface area contributed by atoms with E-state index in [1.54, 1.807) is 13.8 Å². The third kappa shape index (κ3) is 11.5. The molecule has 0 bridgehead atoms. The fourth-order valence-electron chi connectivity index (χ4n) is 1.32. The van der Waals surface area contributed by atoms with Crippen LogP contribution in [0.5, 0.6) is 0 Å². The van der Waals surface area contributed by atoms with Crippen molar-refractivity contribution in [2.45, 2.75) is 52.1 Å². The van der Waals surface area contributed by atoms with Crippen LogP contribution in [0.15, 0.2) is 0 Å². The number of aliphatic hydroxyl groups is 1. The van der Waals surface area contributed by atoms with Gasteiger partial charge in [0.2, 0.25) is 0 Å². The maximum Gasteiger partial charge on any atom is 0.305 e. The van der Waals surface area contributed by atoms with Crippen molar-refractivity contribution in [2.75, 3.05) is 19.7 Å². The van der Waals surface area contributed by atoms with Gasteiger partial charge in [0.15, 0.2) is 0 Å². The summed E-state index contributed by atoms with van der Waals surface area (Å²) < 4.78 is 4.83. The van der Waals surface area contributed by atoms with Crippen molar-refractivity contribution in [2.24, 2.45) is 0 Å². The Labute approximate surface area is 98.4 Å². The average molecular weight is 231 g/mol. The Hall–Kier alpha value is -0.610. The van der Waals surface area contributed by atoms with Crippen LogP contribution >= 0.6 is 0 Å². The number of carbonyl (C=O) groups excluding carboxylic acids is 1. The highest BCUT2D eigenvalue weighted by molar-refractivity contribution is 5.69. The molecule has 4 nitrogen and oxygen atoms in total. The molecule has 0 saturated heterocycles. The van der Waals surface area contributed by atoms with Gasteiger partial charge in [-0.25, -0.2) is 0 Å². The van der Waals surface area contributed by atoms with Crippen LogP contribution in [0.4, 0.5) is 0 Å². The molecule has 0 atom stereocenters. The van der Waals surface area contributed by atoms with Gasteiger partial charge in [0.05, 0.1) is 12.2 Å². The Bertz CT molecular complexity index is 187. The van der Waals surface area contributed by atoms with Crippen molar-refractivity contribution in [3.8, 4) is 0 Å². The molecule has 0 rings (SSSR count). The Morgan fingerprint density at radius 3 is 2.56 bits per heavy atom. The Balaban J connectivity index is 3.19. The highest BCUT2D eigenvalue weighted by atomic mass is 16.5. The molecule has 0 fully saturated rings. The van der Waals surface area contributed by atoms with Crippen LogP contribution < -0.4 is 5.32 Å². The second kappa shape index (κ2) is 8.53. The van der Waals surface area contributed by atoms with E-state index in [-0.39, 0.29) is 5.97 Å². The molecule has 0 aliphatic rings. The molecule has 2 N–H and O–H groups in total. The molecule has 96 valence electrons. The first-order valence-electron chi connectivity index (χ1n) is 6.04. The third-order valence-electron chi connectivity index (χ3n) is 2.10. The van der Waals surface area contributed by atoms with E-state index >= 15 is 0 Å². The van der Waals surface area contributed by atoms with Gasteiger partial charge in [0, 0.05) is 13.0 Å². The molecule has 0 aliphatic carbocycles. The lowest BCUT2D eigenvalue weighted by molar-refractivity contribution is -0.143. The molecular formula is C12H25NO3. The molecule has 0 aromatic rings. The fourth-order valence-corrected chi connectivity index (χ4v) is 1.32. The monoisotopic (exact) mass is 231 g/mol. The summed E-state index contributed by atoms with van der Waals surface area (Å²) in [5, 5.41) is 12.6. The number of carbonyl (C=O) groups is 1. The van der Waals surface area contributed by atoms with Gasteiger partial charge in [-0.3, -0.25) is 4.79 Å². The van der Waals surface area contributed by atoms with E-state index < -0.39 is 5.60 Å². The van der Waals surface area contributed by atoms with Crippen molar-refractivity contribution < 1.29 is 14.6 Å². The number of esters is 1. The predicted molar refractivity (Wildman–Crippen MR) is 64.3 cm³/mol. The van der Waals surface area contributed by atoms with Crippen molar-refractivity contribution in [1.82, 2.24) is 5.32 Å². The maximum atomic E-state index is 11.0. The van der Waals surface area contributed by atoms with Crippen molar-refractivity contribution in [3.05, 3.63) is 0 Å². The van der Waals surface area contributed by atoms with E-state index in [0.29, 0.717) is 19.6 Å². The van der Waals surface area contributed by atoms with E-state index in [1.165, 1.54) is 0 Å². The van der Waals surface area contributed by atoms with Crippen LogP contribution in [0.2, 0.25) is 0 Å². The molecule has 0 amide bonds. The van der Waals surface area contributed by atoms with Crippen molar-refractivity contribution >= 4 is 5.97 Å². The smallest absolute Gasteiger partial charge is 0.305 e. The lowest BCUT2D eigenvalue weighted by Gasteiger charge is -2.17. The standard InChI is InChI=1S/C12H25NO3/c1-4-16-11(14)8-6-5-7-9-13-10-12(2,3)15/h13,15H,4-10H2,1-3H3. The van der Waals surface area contributed by atoms with E-state index in [9.17, 15) is 9.90 Å². The molecule has 0 saturated carbocycles. The second-order valence-corrected chi connectivity index (χ2v) is 4.60.